The van der Waals surface area contributed by atoms with Gasteiger partial charge in [-0.25, -0.2) is 4.79 Å². The lowest BCUT2D eigenvalue weighted by molar-refractivity contribution is -0.144. The molecule has 2 aromatic carbocycles. The zero-order valence-electron chi connectivity index (χ0n) is 23.1. The molecule has 2 heterocycles. The zero-order chi connectivity index (χ0) is 27.9. The summed E-state index contributed by atoms with van der Waals surface area (Å²) in [5.74, 6) is 0.852. The average molecular weight is 558 g/mol. The fraction of sp³-hybridized carbons (Fsp3) is 0.394. The van der Waals surface area contributed by atoms with Crippen LogP contribution in [0.2, 0.25) is 5.02 Å². The fourth-order valence-electron chi connectivity index (χ4n) is 7.30. The van der Waals surface area contributed by atoms with Crippen molar-refractivity contribution >= 4 is 34.3 Å². The first-order chi connectivity index (χ1) is 19.3. The largest absolute Gasteiger partial charge is 0.491 e. The summed E-state index contributed by atoms with van der Waals surface area (Å²) in [7, 11) is 2.02. The van der Waals surface area contributed by atoms with Crippen LogP contribution >= 0.6 is 11.6 Å². The maximum atomic E-state index is 12.7. The topological polar surface area (TPSA) is 76.4 Å². The van der Waals surface area contributed by atoms with Gasteiger partial charge in [0.05, 0.1) is 12.1 Å². The van der Waals surface area contributed by atoms with E-state index in [-0.39, 0.29) is 5.41 Å². The van der Waals surface area contributed by atoms with Gasteiger partial charge < -0.3 is 19.7 Å². The molecule has 6 rings (SSSR count). The van der Waals surface area contributed by atoms with E-state index in [1.54, 1.807) is 18.3 Å². The van der Waals surface area contributed by atoms with Gasteiger partial charge in [-0.3, -0.25) is 4.98 Å². The summed E-state index contributed by atoms with van der Waals surface area (Å²) in [5.41, 5.74) is 4.50. The first-order valence-electron chi connectivity index (χ1n) is 14.2. The first kappa shape index (κ1) is 26.7. The maximum absolute atomic E-state index is 12.7. The Kier molecular flexibility index (Phi) is 6.99. The summed E-state index contributed by atoms with van der Waals surface area (Å²) in [6, 6.07) is 20.1. The molecular weight excluding hydrogens is 522 g/mol. The fourth-order valence-corrected chi connectivity index (χ4v) is 7.49. The highest BCUT2D eigenvalue weighted by Crippen LogP contribution is 2.56. The minimum atomic E-state index is -1.01. The van der Waals surface area contributed by atoms with Crippen LogP contribution in [0.15, 0.2) is 73.1 Å². The summed E-state index contributed by atoms with van der Waals surface area (Å²) in [6.45, 7) is 2.90. The van der Waals surface area contributed by atoms with Gasteiger partial charge in [-0.15, -0.1) is 0 Å². The van der Waals surface area contributed by atoms with Gasteiger partial charge in [0.1, 0.15) is 16.8 Å². The number of halogens is 1. The van der Waals surface area contributed by atoms with Crippen molar-refractivity contribution in [1.82, 2.24) is 9.55 Å². The number of carboxylic acid groups (broad SMARTS) is 1. The van der Waals surface area contributed by atoms with Crippen molar-refractivity contribution in [2.45, 2.75) is 56.4 Å². The molecule has 2 aliphatic rings. The number of hydrogen-bond donors (Lipinski definition) is 2. The first-order valence-corrected chi connectivity index (χ1v) is 14.6. The van der Waals surface area contributed by atoms with Crippen LogP contribution in [0.5, 0.6) is 5.75 Å². The molecule has 0 saturated heterocycles. The van der Waals surface area contributed by atoms with E-state index in [9.17, 15) is 9.90 Å². The Bertz CT molecular complexity index is 1540. The number of carboxylic acids is 1. The molecule has 1 saturated carbocycles. The predicted octanol–water partition coefficient (Wildman–Crippen LogP) is 7.25. The number of ether oxygens (including phenoxy) is 1. The van der Waals surface area contributed by atoms with Crippen LogP contribution < -0.4 is 10.1 Å². The Morgan fingerprint density at radius 1 is 1.15 bits per heavy atom. The highest BCUT2D eigenvalue weighted by molar-refractivity contribution is 6.30. The number of nitrogens with one attached hydrogen (secondary N) is 1. The number of aromatic nitrogens is 2. The Morgan fingerprint density at radius 2 is 1.95 bits per heavy atom. The number of carbonyl (C=O) groups is 1. The summed E-state index contributed by atoms with van der Waals surface area (Å²) >= 11 is 6.20. The minimum Gasteiger partial charge on any atom is -0.491 e. The van der Waals surface area contributed by atoms with E-state index >= 15 is 0 Å². The van der Waals surface area contributed by atoms with Crippen LogP contribution in [0, 0.1) is 11.8 Å². The summed E-state index contributed by atoms with van der Waals surface area (Å²) in [6.07, 6.45) is 8.65. The number of fused-ring (bicyclic) bond motifs is 3. The molecule has 0 aliphatic heterocycles. The molecule has 208 valence electrons. The van der Waals surface area contributed by atoms with E-state index in [1.807, 2.05) is 37.5 Å². The number of aliphatic carboxylic acids is 1. The third-order valence-electron chi connectivity index (χ3n) is 9.35. The lowest BCUT2D eigenvalue weighted by Gasteiger charge is -2.47. The number of rotatable bonds is 8. The number of pyridine rings is 1. The Balaban J connectivity index is 1.21. The van der Waals surface area contributed by atoms with Gasteiger partial charge in [-0.05, 0) is 91.2 Å². The molecule has 2 aromatic heterocycles. The van der Waals surface area contributed by atoms with Crippen molar-refractivity contribution in [1.29, 1.82) is 0 Å². The molecule has 1 fully saturated rings. The van der Waals surface area contributed by atoms with Gasteiger partial charge in [0.2, 0.25) is 0 Å². The van der Waals surface area contributed by atoms with E-state index in [2.05, 4.69) is 46.1 Å². The molecule has 0 amide bonds. The van der Waals surface area contributed by atoms with Crippen LogP contribution in [-0.2, 0) is 23.7 Å². The number of nitrogens with zero attached hydrogens (tertiary/aromatic N) is 2. The van der Waals surface area contributed by atoms with Crippen molar-refractivity contribution < 1.29 is 14.6 Å². The highest BCUT2D eigenvalue weighted by atomic mass is 35.5. The molecule has 2 atom stereocenters. The number of hydrogen-bond acceptors (Lipinski definition) is 4. The molecule has 0 unspecified atom stereocenters. The van der Waals surface area contributed by atoms with E-state index < -0.39 is 11.5 Å². The molecular formula is C33H36ClN3O3. The SMILES string of the molecule is C[C@@H](COc1ccnc2ccn(C)c12)C[C@H]1Cc2ccccc2C12CCC(Nc1cccc(Cl)c1)(C(=O)O)CC2. The van der Waals surface area contributed by atoms with Crippen molar-refractivity contribution in [3.8, 4) is 5.75 Å². The molecule has 2 aliphatic carbocycles. The van der Waals surface area contributed by atoms with Gasteiger partial charge >= 0.3 is 5.97 Å². The second-order valence-electron chi connectivity index (χ2n) is 11.9. The standard InChI is InChI=1S/C33H36ClN3O3/c1-22(21-40-29-10-16-35-28-11-17-37(2)30(28)29)18-24-19-23-6-3-4-9-27(23)32(24)12-14-33(15-13-32,31(38)39)36-26-8-5-7-25(34)20-26/h3-11,16-17,20,22,24,36H,12-15,18-19,21H2,1-2H3,(H,38,39)/t22-,24+,32?,33?/m1/s1. The molecule has 7 heteroatoms. The van der Waals surface area contributed by atoms with E-state index in [1.165, 1.54) is 11.1 Å². The van der Waals surface area contributed by atoms with Crippen LogP contribution in [0.4, 0.5) is 5.69 Å². The minimum absolute atomic E-state index is 0.0259. The Hall–Kier alpha value is -3.51. The van der Waals surface area contributed by atoms with Crippen molar-refractivity contribution in [3.05, 3.63) is 89.2 Å². The number of aryl methyl sites for hydroxylation is 1. The molecule has 2 N–H and O–H groups in total. The normalized spacial score (nSPS) is 24.6. The predicted molar refractivity (Wildman–Crippen MR) is 159 cm³/mol. The van der Waals surface area contributed by atoms with Gasteiger partial charge in [0, 0.05) is 36.2 Å². The third-order valence-corrected chi connectivity index (χ3v) is 9.58. The van der Waals surface area contributed by atoms with E-state index in [0.717, 1.165) is 48.2 Å². The second kappa shape index (κ2) is 10.5. The van der Waals surface area contributed by atoms with Crippen LogP contribution in [0.3, 0.4) is 0 Å². The van der Waals surface area contributed by atoms with Crippen LogP contribution in [0.25, 0.3) is 11.0 Å². The van der Waals surface area contributed by atoms with Crippen molar-refractivity contribution in [2.75, 3.05) is 11.9 Å². The third kappa shape index (κ3) is 4.72. The monoisotopic (exact) mass is 557 g/mol. The quantitative estimate of drug-likeness (QED) is 0.238. The number of anilines is 1. The summed E-state index contributed by atoms with van der Waals surface area (Å²) in [4.78, 5) is 17.1. The molecule has 6 nitrogen and oxygen atoms in total. The molecule has 1 spiro atoms. The van der Waals surface area contributed by atoms with E-state index in [4.69, 9.17) is 16.3 Å². The second-order valence-corrected chi connectivity index (χ2v) is 12.3. The van der Waals surface area contributed by atoms with Gasteiger partial charge in [0.25, 0.3) is 0 Å². The highest BCUT2D eigenvalue weighted by Gasteiger charge is 2.54. The number of benzene rings is 2. The van der Waals surface area contributed by atoms with Crippen LogP contribution in [-0.4, -0.2) is 32.8 Å². The van der Waals surface area contributed by atoms with Crippen LogP contribution in [0.1, 0.15) is 50.2 Å². The van der Waals surface area contributed by atoms with Gasteiger partial charge in [-0.2, -0.15) is 0 Å². The van der Waals surface area contributed by atoms with Gasteiger partial charge in [0.15, 0.2) is 0 Å². The van der Waals surface area contributed by atoms with Gasteiger partial charge in [-0.1, -0.05) is 48.9 Å². The molecule has 40 heavy (non-hydrogen) atoms. The lowest BCUT2D eigenvalue weighted by Crippen LogP contribution is -2.53. The molecule has 0 bridgehead atoms. The van der Waals surface area contributed by atoms with E-state index in [0.29, 0.717) is 36.3 Å². The van der Waals surface area contributed by atoms with Crippen molar-refractivity contribution in [3.63, 3.8) is 0 Å². The Labute approximate surface area is 240 Å². The zero-order valence-corrected chi connectivity index (χ0v) is 23.8. The lowest BCUT2D eigenvalue weighted by atomic mass is 9.59. The summed E-state index contributed by atoms with van der Waals surface area (Å²) in [5, 5.41) is 14.4. The molecule has 0 radical (unpaired) electrons. The Morgan fingerprint density at radius 3 is 2.73 bits per heavy atom. The smallest absolute Gasteiger partial charge is 0.329 e. The molecule has 4 aromatic rings. The maximum Gasteiger partial charge on any atom is 0.329 e. The average Bonchev–Trinajstić information content (AvgIpc) is 3.47. The summed E-state index contributed by atoms with van der Waals surface area (Å²) < 4.78 is 8.42. The van der Waals surface area contributed by atoms with Crippen molar-refractivity contribution in [2.24, 2.45) is 18.9 Å².